The maximum atomic E-state index is 5.11. The summed E-state index contributed by atoms with van der Waals surface area (Å²) in [6, 6.07) is 58.4. The van der Waals surface area contributed by atoms with Crippen LogP contribution in [0.15, 0.2) is 164 Å². The summed E-state index contributed by atoms with van der Waals surface area (Å²) in [4.78, 5) is 15.2. The molecule has 0 bridgehead atoms. The first kappa shape index (κ1) is 30.6. The van der Waals surface area contributed by atoms with Gasteiger partial charge in [0.25, 0.3) is 0 Å². The minimum Gasteiger partial charge on any atom is -0.208 e. The van der Waals surface area contributed by atoms with Crippen molar-refractivity contribution < 1.29 is 0 Å². The van der Waals surface area contributed by atoms with Crippen molar-refractivity contribution in [3.8, 4) is 67.5 Å². The third kappa shape index (κ3) is 4.90. The maximum absolute atomic E-state index is 5.11. The average Bonchev–Trinajstić information content (AvgIpc) is 3.69. The molecule has 52 heavy (non-hydrogen) atoms. The van der Waals surface area contributed by atoms with E-state index >= 15 is 0 Å². The molecule has 0 amide bonds. The summed E-state index contributed by atoms with van der Waals surface area (Å²) < 4.78 is 2.45. The van der Waals surface area contributed by atoms with Crippen LogP contribution in [0.4, 0.5) is 0 Å². The van der Waals surface area contributed by atoms with Gasteiger partial charge in [0.1, 0.15) is 0 Å². The van der Waals surface area contributed by atoms with Crippen molar-refractivity contribution in [2.45, 2.75) is 19.3 Å². The molecule has 2 aromatic heterocycles. The first-order valence-corrected chi connectivity index (χ1v) is 18.5. The lowest BCUT2D eigenvalue weighted by Gasteiger charge is -2.22. The smallest absolute Gasteiger partial charge is 0.164 e. The van der Waals surface area contributed by atoms with Crippen LogP contribution >= 0.6 is 11.3 Å². The van der Waals surface area contributed by atoms with Crippen LogP contribution < -0.4 is 0 Å². The van der Waals surface area contributed by atoms with Gasteiger partial charge in [-0.05, 0) is 68.8 Å². The summed E-state index contributed by atoms with van der Waals surface area (Å²) in [5.41, 5.74) is 13.2. The molecule has 1 aliphatic carbocycles. The predicted octanol–water partition coefficient (Wildman–Crippen LogP) is 12.9. The van der Waals surface area contributed by atoms with Gasteiger partial charge >= 0.3 is 0 Å². The predicted molar refractivity (Wildman–Crippen MR) is 217 cm³/mol. The van der Waals surface area contributed by atoms with Crippen molar-refractivity contribution in [1.82, 2.24) is 15.0 Å². The fourth-order valence-corrected chi connectivity index (χ4v) is 9.08. The third-order valence-corrected chi connectivity index (χ3v) is 11.7. The van der Waals surface area contributed by atoms with Gasteiger partial charge < -0.3 is 0 Å². The molecule has 0 saturated carbocycles. The first-order valence-electron chi connectivity index (χ1n) is 17.7. The Bertz CT molecular complexity index is 2760. The minimum absolute atomic E-state index is 0.0580. The Labute approximate surface area is 307 Å². The lowest BCUT2D eigenvalue weighted by atomic mass is 9.81. The molecule has 0 N–H and O–H groups in total. The lowest BCUT2D eigenvalue weighted by Crippen LogP contribution is -2.14. The number of fused-ring (bicyclic) bond motifs is 6. The highest BCUT2D eigenvalue weighted by Gasteiger charge is 2.35. The van der Waals surface area contributed by atoms with E-state index < -0.39 is 0 Å². The Hall–Kier alpha value is -6.23. The Morgan fingerprint density at radius 2 is 0.923 bits per heavy atom. The zero-order valence-electron chi connectivity index (χ0n) is 28.8. The number of hydrogen-bond acceptors (Lipinski definition) is 4. The molecule has 246 valence electrons. The molecule has 0 atom stereocenters. The second-order valence-electron chi connectivity index (χ2n) is 14.0. The van der Waals surface area contributed by atoms with E-state index in [4.69, 9.17) is 15.0 Å². The van der Waals surface area contributed by atoms with Gasteiger partial charge in [0.05, 0.1) is 0 Å². The summed E-state index contributed by atoms with van der Waals surface area (Å²) in [7, 11) is 0. The number of hydrogen-bond donors (Lipinski definition) is 0. The number of aromatic nitrogens is 3. The minimum atomic E-state index is -0.0580. The van der Waals surface area contributed by atoms with E-state index in [1.807, 2.05) is 47.7 Å². The fourth-order valence-electron chi connectivity index (χ4n) is 7.97. The first-order chi connectivity index (χ1) is 25.5. The average molecular weight is 684 g/mol. The largest absolute Gasteiger partial charge is 0.208 e. The van der Waals surface area contributed by atoms with Crippen LogP contribution in [0.5, 0.6) is 0 Å². The van der Waals surface area contributed by atoms with E-state index in [1.165, 1.54) is 64.7 Å². The highest BCUT2D eigenvalue weighted by Crippen LogP contribution is 2.50. The number of nitrogens with zero attached hydrogens (tertiary/aromatic N) is 3. The van der Waals surface area contributed by atoms with Crippen molar-refractivity contribution in [3.05, 3.63) is 175 Å². The SMILES string of the molecule is CC1(C)c2ccccc2-c2ccc(-c3ccccc3-c3ccc4sc5cccc(-c6nc(-c7ccccc7)nc(-c7ccccc7)n6)c5c4c3)cc21. The van der Waals surface area contributed by atoms with Crippen molar-refractivity contribution >= 4 is 31.5 Å². The van der Waals surface area contributed by atoms with Gasteiger partial charge in [-0.1, -0.05) is 153 Å². The summed E-state index contributed by atoms with van der Waals surface area (Å²) in [6.45, 7) is 4.69. The maximum Gasteiger partial charge on any atom is 0.164 e. The number of thiophene rings is 1. The molecule has 4 heteroatoms. The molecule has 2 heterocycles. The highest BCUT2D eigenvalue weighted by molar-refractivity contribution is 7.26. The Balaban J connectivity index is 1.13. The molecule has 0 saturated heterocycles. The molecular formula is C48H33N3S. The Kier molecular flexibility index (Phi) is 7.02. The van der Waals surface area contributed by atoms with Gasteiger partial charge in [-0.15, -0.1) is 11.3 Å². The molecule has 10 rings (SSSR count). The standard InChI is InChI=1S/C48H33N3S/c1-48(2)40-22-12-11-20-36(40)37-26-24-33(29-41(37)48)35-19-10-9-18-34(35)32-25-27-42-39(28-32)44-38(21-13-23-43(44)52-42)47-50-45(30-14-5-3-6-15-30)49-46(51-47)31-16-7-4-8-17-31/h3-29H,1-2H3. The van der Waals surface area contributed by atoms with Crippen molar-refractivity contribution in [1.29, 1.82) is 0 Å². The molecule has 0 unspecified atom stereocenters. The lowest BCUT2D eigenvalue weighted by molar-refractivity contribution is 0.660. The van der Waals surface area contributed by atoms with E-state index in [9.17, 15) is 0 Å². The summed E-state index contributed by atoms with van der Waals surface area (Å²) >= 11 is 1.81. The van der Waals surface area contributed by atoms with Gasteiger partial charge in [-0.25, -0.2) is 15.0 Å². The monoisotopic (exact) mass is 683 g/mol. The molecule has 0 aliphatic heterocycles. The molecular weight excluding hydrogens is 651 g/mol. The van der Waals surface area contributed by atoms with Crippen molar-refractivity contribution in [2.75, 3.05) is 0 Å². The van der Waals surface area contributed by atoms with E-state index in [0.717, 1.165) is 16.7 Å². The molecule has 9 aromatic rings. The molecule has 0 fully saturated rings. The van der Waals surface area contributed by atoms with E-state index in [-0.39, 0.29) is 5.41 Å². The van der Waals surface area contributed by atoms with Gasteiger partial charge in [0.2, 0.25) is 0 Å². The van der Waals surface area contributed by atoms with Gasteiger partial charge in [0, 0.05) is 42.3 Å². The van der Waals surface area contributed by atoms with Crippen LogP contribution in [-0.2, 0) is 5.41 Å². The fraction of sp³-hybridized carbons (Fsp3) is 0.0625. The second-order valence-corrected chi connectivity index (χ2v) is 15.1. The van der Waals surface area contributed by atoms with E-state index in [1.54, 1.807) is 0 Å². The van der Waals surface area contributed by atoms with Crippen LogP contribution in [0.3, 0.4) is 0 Å². The molecule has 0 spiro atoms. The molecule has 3 nitrogen and oxygen atoms in total. The topological polar surface area (TPSA) is 38.7 Å². The van der Waals surface area contributed by atoms with Crippen LogP contribution in [0.25, 0.3) is 87.7 Å². The van der Waals surface area contributed by atoms with Gasteiger partial charge in [-0.2, -0.15) is 0 Å². The van der Waals surface area contributed by atoms with Crippen molar-refractivity contribution in [3.63, 3.8) is 0 Å². The Morgan fingerprint density at radius 3 is 1.62 bits per heavy atom. The normalized spacial score (nSPS) is 13.0. The Morgan fingerprint density at radius 1 is 0.385 bits per heavy atom. The summed E-state index contributed by atoms with van der Waals surface area (Å²) in [6.07, 6.45) is 0. The van der Waals surface area contributed by atoms with Crippen LogP contribution in [0.2, 0.25) is 0 Å². The zero-order chi connectivity index (χ0) is 34.8. The summed E-state index contributed by atoms with van der Waals surface area (Å²) in [5.74, 6) is 2.00. The van der Waals surface area contributed by atoms with Gasteiger partial charge in [0.15, 0.2) is 17.5 Å². The zero-order valence-corrected chi connectivity index (χ0v) is 29.7. The van der Waals surface area contributed by atoms with Crippen molar-refractivity contribution in [2.24, 2.45) is 0 Å². The number of rotatable bonds is 5. The second kappa shape index (κ2) is 11.9. The van der Waals surface area contributed by atoms with E-state index in [0.29, 0.717) is 17.5 Å². The van der Waals surface area contributed by atoms with Gasteiger partial charge in [-0.3, -0.25) is 0 Å². The third-order valence-electron chi connectivity index (χ3n) is 10.6. The number of benzene rings is 7. The summed E-state index contributed by atoms with van der Waals surface area (Å²) in [5, 5.41) is 2.37. The quantitative estimate of drug-likeness (QED) is 0.181. The molecule has 1 aliphatic rings. The van der Waals surface area contributed by atoms with Crippen LogP contribution in [-0.4, -0.2) is 15.0 Å². The van der Waals surface area contributed by atoms with Crippen LogP contribution in [0.1, 0.15) is 25.0 Å². The molecule has 0 radical (unpaired) electrons. The molecule has 7 aromatic carbocycles. The highest BCUT2D eigenvalue weighted by atomic mass is 32.1. The van der Waals surface area contributed by atoms with Crippen LogP contribution in [0, 0.1) is 0 Å². The van der Waals surface area contributed by atoms with E-state index in [2.05, 4.69) is 141 Å².